The largest absolute Gasteiger partial charge is 0.455 e. The highest BCUT2D eigenvalue weighted by Crippen LogP contribution is 2.38. The van der Waals surface area contributed by atoms with E-state index in [9.17, 15) is 0 Å². The van der Waals surface area contributed by atoms with Crippen LogP contribution in [-0.2, 0) is 0 Å². The quantitative estimate of drug-likeness (QED) is 0.198. The van der Waals surface area contributed by atoms with Crippen LogP contribution in [0.2, 0.25) is 0 Å². The number of hydrogen-bond acceptors (Lipinski definition) is 4. The van der Waals surface area contributed by atoms with E-state index in [-0.39, 0.29) is 0 Å². The number of furan rings is 1. The normalized spacial score (nSPS) is 11.8. The Labute approximate surface area is 275 Å². The Morgan fingerprint density at radius 3 is 1.96 bits per heavy atom. The summed E-state index contributed by atoms with van der Waals surface area (Å²) < 4.78 is 8.63. The van der Waals surface area contributed by atoms with Gasteiger partial charge in [-0.25, -0.2) is 4.98 Å². The molecule has 0 radical (unpaired) electrons. The van der Waals surface area contributed by atoms with E-state index in [1.165, 1.54) is 16.2 Å². The summed E-state index contributed by atoms with van der Waals surface area (Å²) in [6.45, 7) is 0. The Bertz CT molecular complexity index is 2830. The Balaban J connectivity index is 1.26. The number of para-hydroxylation sites is 3. The number of fused-ring (bicyclic) bond motifs is 8. The molecular weight excluding hydrogens is 589 g/mol. The maximum absolute atomic E-state index is 6.46. The van der Waals surface area contributed by atoms with Crippen molar-refractivity contribution in [3.05, 3.63) is 158 Å². The summed E-state index contributed by atoms with van der Waals surface area (Å²) in [4.78, 5) is 15.5. The van der Waals surface area contributed by atoms with Gasteiger partial charge in [-0.2, -0.15) is 9.97 Å². The second-order valence-corrected chi connectivity index (χ2v) is 12.0. The molecule has 0 aliphatic carbocycles. The molecular formula is C43H26N4O. The molecule has 0 spiro atoms. The van der Waals surface area contributed by atoms with Crippen molar-refractivity contribution in [3.63, 3.8) is 0 Å². The number of benzene rings is 7. The maximum Gasteiger partial charge on any atom is 0.238 e. The molecule has 0 aliphatic rings. The van der Waals surface area contributed by atoms with Crippen LogP contribution in [-0.4, -0.2) is 19.5 Å². The smallest absolute Gasteiger partial charge is 0.238 e. The second-order valence-electron chi connectivity index (χ2n) is 12.0. The van der Waals surface area contributed by atoms with E-state index in [0.717, 1.165) is 60.6 Å². The topological polar surface area (TPSA) is 56.7 Å². The predicted octanol–water partition coefficient (Wildman–Crippen LogP) is 11.0. The summed E-state index contributed by atoms with van der Waals surface area (Å²) in [6.07, 6.45) is 0. The SMILES string of the molecule is c1ccc(-c2ccc(-c3nc(-c4cccc5c4oc4ccccc45)nc(-n4c5ccccc5c5c6ccccc6ccc54)n3)cc2)cc1. The Hall–Kier alpha value is -6.59. The van der Waals surface area contributed by atoms with E-state index < -0.39 is 0 Å². The lowest BCUT2D eigenvalue weighted by Crippen LogP contribution is -2.06. The molecule has 0 bridgehead atoms. The van der Waals surface area contributed by atoms with Gasteiger partial charge < -0.3 is 4.42 Å². The second kappa shape index (κ2) is 10.5. The third-order valence-electron chi connectivity index (χ3n) is 9.28. The van der Waals surface area contributed by atoms with Crippen molar-refractivity contribution in [2.75, 3.05) is 0 Å². The molecule has 0 atom stereocenters. The molecule has 3 heterocycles. The maximum atomic E-state index is 6.46. The van der Waals surface area contributed by atoms with Gasteiger partial charge >= 0.3 is 0 Å². The lowest BCUT2D eigenvalue weighted by Gasteiger charge is -2.11. The van der Waals surface area contributed by atoms with Crippen LogP contribution in [0.15, 0.2) is 162 Å². The standard InChI is InChI=1S/C43H26N4O/c1-2-11-27(12-3-1)28-21-23-30(24-22-28)41-44-42(35-18-10-17-33-32-15-7-9-20-38(32)48-40(33)35)46-43(45-41)47-36-19-8-6-16-34(36)39-31-14-5-4-13-29(31)25-26-37(39)47/h1-26H. The van der Waals surface area contributed by atoms with Gasteiger partial charge in [0.2, 0.25) is 5.95 Å². The molecule has 5 nitrogen and oxygen atoms in total. The first kappa shape index (κ1) is 26.6. The molecule has 0 unspecified atom stereocenters. The number of hydrogen-bond donors (Lipinski definition) is 0. The zero-order valence-electron chi connectivity index (χ0n) is 25.7. The van der Waals surface area contributed by atoms with E-state index in [0.29, 0.717) is 17.6 Å². The average Bonchev–Trinajstić information content (AvgIpc) is 3.71. The molecule has 0 saturated heterocycles. The summed E-state index contributed by atoms with van der Waals surface area (Å²) in [6, 6.07) is 54.5. The highest BCUT2D eigenvalue weighted by atomic mass is 16.3. The van der Waals surface area contributed by atoms with E-state index in [1.54, 1.807) is 0 Å². The highest BCUT2D eigenvalue weighted by molar-refractivity contribution is 6.21. The first-order chi connectivity index (χ1) is 23.8. The van der Waals surface area contributed by atoms with Crippen LogP contribution in [0.5, 0.6) is 0 Å². The van der Waals surface area contributed by atoms with Gasteiger partial charge in [0.1, 0.15) is 11.2 Å². The van der Waals surface area contributed by atoms with Gasteiger partial charge in [-0.05, 0) is 46.2 Å². The van der Waals surface area contributed by atoms with Crippen molar-refractivity contribution in [2.24, 2.45) is 0 Å². The van der Waals surface area contributed by atoms with E-state index >= 15 is 0 Å². The van der Waals surface area contributed by atoms with E-state index in [1.807, 2.05) is 36.4 Å². The van der Waals surface area contributed by atoms with Crippen LogP contribution in [0.4, 0.5) is 0 Å². The average molecular weight is 615 g/mol. The van der Waals surface area contributed by atoms with Gasteiger partial charge in [0.15, 0.2) is 11.6 Å². The van der Waals surface area contributed by atoms with Crippen molar-refractivity contribution in [1.82, 2.24) is 19.5 Å². The molecule has 3 aromatic heterocycles. The van der Waals surface area contributed by atoms with Gasteiger partial charge in [-0.1, -0.05) is 133 Å². The summed E-state index contributed by atoms with van der Waals surface area (Å²) >= 11 is 0. The number of nitrogens with zero attached hydrogens (tertiary/aromatic N) is 4. The molecule has 10 rings (SSSR count). The molecule has 224 valence electrons. The summed E-state index contributed by atoms with van der Waals surface area (Å²) in [5.74, 6) is 1.70. The van der Waals surface area contributed by atoms with Gasteiger partial charge in [0.25, 0.3) is 0 Å². The molecule has 5 heteroatoms. The molecule has 0 saturated carbocycles. The van der Waals surface area contributed by atoms with Crippen LogP contribution >= 0.6 is 0 Å². The zero-order valence-corrected chi connectivity index (χ0v) is 25.7. The minimum Gasteiger partial charge on any atom is -0.455 e. The summed E-state index contributed by atoms with van der Waals surface area (Å²) in [5, 5.41) is 6.82. The van der Waals surface area contributed by atoms with Gasteiger partial charge in [0.05, 0.1) is 16.6 Å². The number of rotatable bonds is 4. The molecule has 0 amide bonds. The molecule has 0 aliphatic heterocycles. The van der Waals surface area contributed by atoms with E-state index in [4.69, 9.17) is 19.4 Å². The Kier molecular flexibility index (Phi) is 5.81. The first-order valence-corrected chi connectivity index (χ1v) is 16.0. The molecule has 7 aromatic carbocycles. The minimum atomic E-state index is 0.553. The fourth-order valence-corrected chi connectivity index (χ4v) is 7.03. The van der Waals surface area contributed by atoms with E-state index in [2.05, 4.69) is 126 Å². The fourth-order valence-electron chi connectivity index (χ4n) is 7.03. The first-order valence-electron chi connectivity index (χ1n) is 16.0. The van der Waals surface area contributed by atoms with Crippen LogP contribution < -0.4 is 0 Å². The predicted molar refractivity (Wildman–Crippen MR) is 195 cm³/mol. The molecule has 0 N–H and O–H groups in total. The Morgan fingerprint density at radius 2 is 1.08 bits per heavy atom. The van der Waals surface area contributed by atoms with Crippen LogP contribution in [0.25, 0.3) is 94.4 Å². The molecule has 48 heavy (non-hydrogen) atoms. The summed E-state index contributed by atoms with van der Waals surface area (Å²) in [7, 11) is 0. The minimum absolute atomic E-state index is 0.553. The van der Waals surface area contributed by atoms with Gasteiger partial charge in [-0.15, -0.1) is 0 Å². The third kappa shape index (κ3) is 4.08. The van der Waals surface area contributed by atoms with Crippen LogP contribution in [0.1, 0.15) is 0 Å². The highest BCUT2D eigenvalue weighted by Gasteiger charge is 2.21. The van der Waals surface area contributed by atoms with Gasteiger partial charge in [0, 0.05) is 27.1 Å². The van der Waals surface area contributed by atoms with Crippen molar-refractivity contribution < 1.29 is 4.42 Å². The summed E-state index contributed by atoms with van der Waals surface area (Å²) in [5.41, 5.74) is 7.69. The van der Waals surface area contributed by atoms with Crippen molar-refractivity contribution in [2.45, 2.75) is 0 Å². The van der Waals surface area contributed by atoms with Crippen molar-refractivity contribution in [1.29, 1.82) is 0 Å². The number of aromatic nitrogens is 4. The lowest BCUT2D eigenvalue weighted by atomic mass is 10.0. The molecule has 10 aromatic rings. The fraction of sp³-hybridized carbons (Fsp3) is 0. The molecule has 0 fully saturated rings. The monoisotopic (exact) mass is 614 g/mol. The van der Waals surface area contributed by atoms with Crippen LogP contribution in [0.3, 0.4) is 0 Å². The van der Waals surface area contributed by atoms with Gasteiger partial charge in [-0.3, -0.25) is 4.57 Å². The van der Waals surface area contributed by atoms with Crippen LogP contribution in [0, 0.1) is 0 Å². The van der Waals surface area contributed by atoms with Crippen molar-refractivity contribution in [3.8, 4) is 39.9 Å². The zero-order chi connectivity index (χ0) is 31.6. The Morgan fingerprint density at radius 1 is 0.417 bits per heavy atom. The lowest BCUT2D eigenvalue weighted by molar-refractivity contribution is 0.669. The third-order valence-corrected chi connectivity index (χ3v) is 9.28. The van der Waals surface area contributed by atoms with Crippen molar-refractivity contribution >= 4 is 54.5 Å².